The Morgan fingerprint density at radius 1 is 1.33 bits per heavy atom. The van der Waals surface area contributed by atoms with Crippen LogP contribution in [0.25, 0.3) is 6.08 Å². The number of benzene rings is 1. The zero-order chi connectivity index (χ0) is 14.8. The number of hydrogen-bond acceptors (Lipinski definition) is 2. The van der Waals surface area contributed by atoms with Crippen molar-refractivity contribution in [3.8, 4) is 0 Å². The van der Waals surface area contributed by atoms with E-state index in [2.05, 4.69) is 4.90 Å². The number of aliphatic carboxylic acids is 1. The SMILES string of the molecule is O=C(O)C=Cc1ccc(CN(CC2CC2)C2CC2)c(F)c1. The molecule has 0 spiro atoms. The van der Waals surface area contributed by atoms with Gasteiger partial charge in [0.2, 0.25) is 0 Å². The molecule has 0 radical (unpaired) electrons. The molecule has 4 heteroatoms. The summed E-state index contributed by atoms with van der Waals surface area (Å²) in [5.41, 5.74) is 1.29. The first-order valence-electron chi connectivity index (χ1n) is 7.55. The molecule has 0 amide bonds. The zero-order valence-corrected chi connectivity index (χ0v) is 12.0. The summed E-state index contributed by atoms with van der Waals surface area (Å²) in [4.78, 5) is 12.9. The first-order chi connectivity index (χ1) is 10.1. The molecular weight excluding hydrogens is 269 g/mol. The molecule has 2 saturated carbocycles. The van der Waals surface area contributed by atoms with Crippen molar-refractivity contribution in [2.75, 3.05) is 6.54 Å². The smallest absolute Gasteiger partial charge is 0.328 e. The highest BCUT2D eigenvalue weighted by atomic mass is 19.1. The van der Waals surface area contributed by atoms with Crippen LogP contribution in [0.1, 0.15) is 36.8 Å². The lowest BCUT2D eigenvalue weighted by Gasteiger charge is -2.22. The summed E-state index contributed by atoms with van der Waals surface area (Å²) in [5, 5.41) is 8.59. The van der Waals surface area contributed by atoms with Crippen molar-refractivity contribution >= 4 is 12.0 Å². The fourth-order valence-corrected chi connectivity index (χ4v) is 2.60. The van der Waals surface area contributed by atoms with Crippen LogP contribution in [0.3, 0.4) is 0 Å². The predicted molar refractivity (Wildman–Crippen MR) is 79.2 cm³/mol. The normalized spacial score (nSPS) is 18.6. The van der Waals surface area contributed by atoms with Crippen molar-refractivity contribution < 1.29 is 14.3 Å². The maximum absolute atomic E-state index is 14.2. The molecule has 0 atom stereocenters. The monoisotopic (exact) mass is 289 g/mol. The molecule has 3 rings (SSSR count). The van der Waals surface area contributed by atoms with Crippen molar-refractivity contribution in [2.45, 2.75) is 38.3 Å². The van der Waals surface area contributed by atoms with E-state index in [0.717, 1.165) is 18.5 Å². The Morgan fingerprint density at radius 3 is 2.67 bits per heavy atom. The van der Waals surface area contributed by atoms with Gasteiger partial charge in [0.05, 0.1) is 0 Å². The molecule has 2 aliphatic rings. The minimum atomic E-state index is -1.02. The quantitative estimate of drug-likeness (QED) is 0.783. The number of halogens is 1. The molecule has 0 aliphatic heterocycles. The van der Waals surface area contributed by atoms with Gasteiger partial charge in [-0.15, -0.1) is 0 Å². The van der Waals surface area contributed by atoms with E-state index in [1.54, 1.807) is 12.1 Å². The molecule has 3 nitrogen and oxygen atoms in total. The molecule has 21 heavy (non-hydrogen) atoms. The summed E-state index contributed by atoms with van der Waals surface area (Å²) in [6.45, 7) is 1.75. The third-order valence-electron chi connectivity index (χ3n) is 4.12. The van der Waals surface area contributed by atoms with Crippen molar-refractivity contribution in [1.29, 1.82) is 0 Å². The largest absolute Gasteiger partial charge is 0.478 e. The number of rotatable bonds is 7. The van der Waals surface area contributed by atoms with E-state index in [9.17, 15) is 9.18 Å². The van der Waals surface area contributed by atoms with E-state index in [0.29, 0.717) is 23.7 Å². The summed E-state index contributed by atoms with van der Waals surface area (Å²) >= 11 is 0. The summed E-state index contributed by atoms with van der Waals surface area (Å²) in [6.07, 6.45) is 7.52. The van der Waals surface area contributed by atoms with Gasteiger partial charge in [-0.1, -0.05) is 12.1 Å². The topological polar surface area (TPSA) is 40.5 Å². The van der Waals surface area contributed by atoms with Crippen LogP contribution in [0, 0.1) is 11.7 Å². The van der Waals surface area contributed by atoms with Gasteiger partial charge in [-0.2, -0.15) is 0 Å². The van der Waals surface area contributed by atoms with E-state index in [1.165, 1.54) is 37.8 Å². The summed E-state index contributed by atoms with van der Waals surface area (Å²) in [7, 11) is 0. The van der Waals surface area contributed by atoms with Gasteiger partial charge in [0.1, 0.15) is 5.82 Å². The Balaban J connectivity index is 1.67. The molecule has 0 heterocycles. The van der Waals surface area contributed by atoms with E-state index in [1.807, 2.05) is 0 Å². The highest BCUT2D eigenvalue weighted by Crippen LogP contribution is 2.35. The van der Waals surface area contributed by atoms with Gasteiger partial charge in [-0.25, -0.2) is 9.18 Å². The molecule has 0 aromatic heterocycles. The molecule has 0 unspecified atom stereocenters. The first-order valence-corrected chi connectivity index (χ1v) is 7.55. The van der Waals surface area contributed by atoms with Gasteiger partial charge in [0, 0.05) is 30.8 Å². The van der Waals surface area contributed by atoms with Crippen molar-refractivity contribution in [3.05, 3.63) is 41.2 Å². The maximum Gasteiger partial charge on any atom is 0.328 e. The molecule has 1 aromatic carbocycles. The second kappa shape index (κ2) is 5.98. The Hall–Kier alpha value is -1.68. The minimum absolute atomic E-state index is 0.246. The van der Waals surface area contributed by atoms with E-state index >= 15 is 0 Å². The Bertz CT molecular complexity index is 562. The van der Waals surface area contributed by atoms with Crippen LogP contribution in [-0.2, 0) is 11.3 Å². The Morgan fingerprint density at radius 2 is 2.10 bits per heavy atom. The second-order valence-corrected chi connectivity index (χ2v) is 6.13. The molecular formula is C17H20FNO2. The maximum atomic E-state index is 14.2. The third kappa shape index (κ3) is 4.14. The number of carboxylic acid groups (broad SMARTS) is 1. The summed E-state index contributed by atoms with van der Waals surface area (Å²) in [5.74, 6) is -0.459. The first kappa shape index (κ1) is 14.3. The van der Waals surface area contributed by atoms with Gasteiger partial charge in [-0.3, -0.25) is 4.90 Å². The van der Waals surface area contributed by atoms with Crippen molar-refractivity contribution in [3.63, 3.8) is 0 Å². The highest BCUT2D eigenvalue weighted by molar-refractivity contribution is 5.85. The van der Waals surface area contributed by atoms with Crippen molar-refractivity contribution in [1.82, 2.24) is 4.90 Å². The van der Waals surface area contributed by atoms with E-state index in [4.69, 9.17) is 5.11 Å². The lowest BCUT2D eigenvalue weighted by Crippen LogP contribution is -2.28. The fraction of sp³-hybridized carbons (Fsp3) is 0.471. The summed E-state index contributed by atoms with van der Waals surface area (Å²) in [6, 6.07) is 5.60. The van der Waals surface area contributed by atoms with E-state index < -0.39 is 5.97 Å². The molecule has 0 bridgehead atoms. The van der Waals surface area contributed by atoms with Crippen LogP contribution in [0.4, 0.5) is 4.39 Å². The third-order valence-corrected chi connectivity index (χ3v) is 4.12. The summed E-state index contributed by atoms with van der Waals surface area (Å²) < 4.78 is 14.2. The Kier molecular flexibility index (Phi) is 4.06. The zero-order valence-electron chi connectivity index (χ0n) is 12.0. The van der Waals surface area contributed by atoms with Gasteiger partial charge in [0.25, 0.3) is 0 Å². The number of hydrogen-bond donors (Lipinski definition) is 1. The van der Waals surface area contributed by atoms with Crippen LogP contribution >= 0.6 is 0 Å². The van der Waals surface area contributed by atoms with Gasteiger partial charge in [-0.05, 0) is 49.3 Å². The average Bonchev–Trinajstić information content (AvgIpc) is 3.31. The standard InChI is InChI=1S/C17H20FNO2/c18-16-9-12(4-8-17(20)21)3-5-14(16)11-19(15-6-7-15)10-13-1-2-13/h3-5,8-9,13,15H,1-2,6-7,10-11H2,(H,20,21). The average molecular weight is 289 g/mol. The molecule has 1 aromatic rings. The molecule has 112 valence electrons. The number of carboxylic acids is 1. The fourth-order valence-electron chi connectivity index (χ4n) is 2.60. The lowest BCUT2D eigenvalue weighted by atomic mass is 10.1. The van der Waals surface area contributed by atoms with Crippen LogP contribution in [0.2, 0.25) is 0 Å². The van der Waals surface area contributed by atoms with Gasteiger partial charge < -0.3 is 5.11 Å². The second-order valence-electron chi connectivity index (χ2n) is 6.13. The van der Waals surface area contributed by atoms with Crippen LogP contribution in [-0.4, -0.2) is 28.6 Å². The molecule has 1 N–H and O–H groups in total. The number of carbonyl (C=O) groups is 1. The predicted octanol–water partition coefficient (Wildman–Crippen LogP) is 3.30. The van der Waals surface area contributed by atoms with Crippen LogP contribution in [0.15, 0.2) is 24.3 Å². The Labute approximate surface area is 124 Å². The van der Waals surface area contributed by atoms with Crippen molar-refractivity contribution in [2.24, 2.45) is 5.92 Å². The van der Waals surface area contributed by atoms with Gasteiger partial charge >= 0.3 is 5.97 Å². The van der Waals surface area contributed by atoms with Crippen LogP contribution in [0.5, 0.6) is 0 Å². The molecule has 2 fully saturated rings. The number of nitrogens with zero attached hydrogens (tertiary/aromatic N) is 1. The highest BCUT2D eigenvalue weighted by Gasteiger charge is 2.33. The minimum Gasteiger partial charge on any atom is -0.478 e. The van der Waals surface area contributed by atoms with Crippen LogP contribution < -0.4 is 0 Å². The molecule has 0 saturated heterocycles. The van der Waals surface area contributed by atoms with Gasteiger partial charge in [0.15, 0.2) is 0 Å². The van der Waals surface area contributed by atoms with E-state index in [-0.39, 0.29) is 5.82 Å². The lowest BCUT2D eigenvalue weighted by molar-refractivity contribution is -0.131. The molecule has 2 aliphatic carbocycles.